The van der Waals surface area contributed by atoms with Gasteiger partial charge in [0, 0.05) is 5.88 Å². The Morgan fingerprint density at radius 1 is 1.44 bits per heavy atom. The lowest BCUT2D eigenvalue weighted by atomic mass is 9.70. The summed E-state index contributed by atoms with van der Waals surface area (Å²) in [4.78, 5) is 0. The zero-order valence-corrected chi connectivity index (χ0v) is 6.97. The van der Waals surface area contributed by atoms with E-state index in [4.69, 9.17) is 17.3 Å². The monoisotopic (exact) mass is 169 g/mol. The molecule has 1 aliphatic carbocycles. The summed E-state index contributed by atoms with van der Waals surface area (Å²) in [5.74, 6) is 0.753. The highest BCUT2D eigenvalue weighted by Crippen LogP contribution is 2.40. The Labute approximate surface area is 67.4 Å². The van der Waals surface area contributed by atoms with Crippen LogP contribution in [0.5, 0.6) is 0 Å². The molecule has 0 aromatic carbocycles. The SMILES string of the molecule is Cl.NCC1(CCl)CCC1. The topological polar surface area (TPSA) is 26.0 Å². The van der Waals surface area contributed by atoms with Crippen molar-refractivity contribution in [3.8, 4) is 0 Å². The van der Waals surface area contributed by atoms with Crippen molar-refractivity contribution in [2.24, 2.45) is 11.1 Å². The van der Waals surface area contributed by atoms with Gasteiger partial charge in [-0.05, 0) is 24.8 Å². The maximum absolute atomic E-state index is 5.68. The van der Waals surface area contributed by atoms with Gasteiger partial charge >= 0.3 is 0 Å². The van der Waals surface area contributed by atoms with Crippen LogP contribution < -0.4 is 5.73 Å². The fourth-order valence-electron chi connectivity index (χ4n) is 1.07. The van der Waals surface area contributed by atoms with Crippen LogP contribution in [0, 0.1) is 5.41 Å². The molecule has 0 heterocycles. The van der Waals surface area contributed by atoms with E-state index in [1.54, 1.807) is 0 Å². The molecule has 0 aromatic rings. The molecule has 0 spiro atoms. The predicted octanol–water partition coefficient (Wildman–Crippen LogP) is 1.78. The highest BCUT2D eigenvalue weighted by Gasteiger charge is 2.34. The molecule has 0 amide bonds. The average molecular weight is 170 g/mol. The minimum absolute atomic E-state index is 0. The Balaban J connectivity index is 0.000000640. The lowest BCUT2D eigenvalue weighted by molar-refractivity contribution is 0.178. The summed E-state index contributed by atoms with van der Waals surface area (Å²) in [6, 6.07) is 0. The van der Waals surface area contributed by atoms with Crippen LogP contribution in [0.25, 0.3) is 0 Å². The first-order valence-corrected chi connectivity index (χ1v) is 3.62. The van der Waals surface area contributed by atoms with Gasteiger partial charge in [-0.2, -0.15) is 0 Å². The van der Waals surface area contributed by atoms with Gasteiger partial charge in [-0.3, -0.25) is 0 Å². The smallest absolute Gasteiger partial charge is 0.0292 e. The lowest BCUT2D eigenvalue weighted by Crippen LogP contribution is -2.38. The van der Waals surface area contributed by atoms with Crippen molar-refractivity contribution in [2.75, 3.05) is 12.4 Å². The molecule has 1 rings (SSSR count). The molecule has 0 atom stereocenters. The maximum Gasteiger partial charge on any atom is 0.0292 e. The van der Waals surface area contributed by atoms with Gasteiger partial charge in [-0.1, -0.05) is 6.42 Å². The van der Waals surface area contributed by atoms with Gasteiger partial charge in [0.05, 0.1) is 0 Å². The summed E-state index contributed by atoms with van der Waals surface area (Å²) >= 11 is 5.68. The van der Waals surface area contributed by atoms with Crippen LogP contribution in [0.1, 0.15) is 19.3 Å². The van der Waals surface area contributed by atoms with Gasteiger partial charge in [0.2, 0.25) is 0 Å². The molecule has 0 aromatic heterocycles. The van der Waals surface area contributed by atoms with Crippen LogP contribution >= 0.6 is 24.0 Å². The van der Waals surface area contributed by atoms with Gasteiger partial charge < -0.3 is 5.73 Å². The minimum atomic E-state index is 0. The molecule has 0 saturated heterocycles. The summed E-state index contributed by atoms with van der Waals surface area (Å²) in [6.45, 7) is 0.774. The second kappa shape index (κ2) is 3.65. The number of nitrogens with two attached hydrogens (primary N) is 1. The molecule has 0 aliphatic heterocycles. The first-order valence-electron chi connectivity index (χ1n) is 3.09. The molecule has 9 heavy (non-hydrogen) atoms. The van der Waals surface area contributed by atoms with E-state index >= 15 is 0 Å². The van der Waals surface area contributed by atoms with E-state index in [1.165, 1.54) is 19.3 Å². The van der Waals surface area contributed by atoms with Crippen molar-refractivity contribution < 1.29 is 0 Å². The second-order valence-electron chi connectivity index (χ2n) is 2.69. The third kappa shape index (κ3) is 1.73. The molecule has 0 bridgehead atoms. The number of rotatable bonds is 2. The first kappa shape index (κ1) is 9.54. The van der Waals surface area contributed by atoms with E-state index in [1.807, 2.05) is 0 Å². The third-order valence-electron chi connectivity index (χ3n) is 2.13. The zero-order valence-electron chi connectivity index (χ0n) is 5.40. The number of hydrogen-bond acceptors (Lipinski definition) is 1. The third-order valence-corrected chi connectivity index (χ3v) is 2.70. The van der Waals surface area contributed by atoms with Crippen LogP contribution in [0.3, 0.4) is 0 Å². The van der Waals surface area contributed by atoms with Crippen molar-refractivity contribution in [1.82, 2.24) is 0 Å². The highest BCUT2D eigenvalue weighted by molar-refractivity contribution is 6.18. The van der Waals surface area contributed by atoms with Gasteiger partial charge in [0.25, 0.3) is 0 Å². The van der Waals surface area contributed by atoms with E-state index in [-0.39, 0.29) is 12.4 Å². The van der Waals surface area contributed by atoms with Crippen LogP contribution in [0.4, 0.5) is 0 Å². The maximum atomic E-state index is 5.68. The molecule has 1 aliphatic rings. The van der Waals surface area contributed by atoms with E-state index in [9.17, 15) is 0 Å². The van der Waals surface area contributed by atoms with Gasteiger partial charge in [0.1, 0.15) is 0 Å². The first-order chi connectivity index (χ1) is 3.83. The van der Waals surface area contributed by atoms with E-state index in [0.717, 1.165) is 12.4 Å². The standard InChI is InChI=1S/C6H12ClN.ClH/c7-4-6(5-8)2-1-3-6;/h1-5,8H2;1H. The summed E-state index contributed by atoms with van der Waals surface area (Å²) in [5, 5.41) is 0. The van der Waals surface area contributed by atoms with Crippen LogP contribution in [-0.4, -0.2) is 12.4 Å². The fraction of sp³-hybridized carbons (Fsp3) is 1.00. The van der Waals surface area contributed by atoms with Gasteiger partial charge in [-0.25, -0.2) is 0 Å². The molecular weight excluding hydrogens is 157 g/mol. The average Bonchev–Trinajstić information content (AvgIpc) is 1.67. The molecule has 0 radical (unpaired) electrons. The summed E-state index contributed by atoms with van der Waals surface area (Å²) < 4.78 is 0. The van der Waals surface area contributed by atoms with E-state index < -0.39 is 0 Å². The molecule has 3 heteroatoms. The predicted molar refractivity (Wildman–Crippen MR) is 43.3 cm³/mol. The van der Waals surface area contributed by atoms with Crippen LogP contribution in [-0.2, 0) is 0 Å². The molecular formula is C6H13Cl2N. The lowest BCUT2D eigenvalue weighted by Gasteiger charge is -2.38. The molecule has 0 unspecified atom stereocenters. The van der Waals surface area contributed by atoms with Crippen molar-refractivity contribution in [3.05, 3.63) is 0 Å². The molecule has 1 nitrogen and oxygen atoms in total. The fourth-order valence-corrected chi connectivity index (χ4v) is 1.45. The zero-order chi connectivity index (χ0) is 6.04. The number of alkyl halides is 1. The van der Waals surface area contributed by atoms with Crippen LogP contribution in [0.2, 0.25) is 0 Å². The summed E-state index contributed by atoms with van der Waals surface area (Å²) in [7, 11) is 0. The Bertz CT molecular complexity index is 67.6. The van der Waals surface area contributed by atoms with Gasteiger partial charge in [0.15, 0.2) is 0 Å². The van der Waals surface area contributed by atoms with Crippen molar-refractivity contribution in [2.45, 2.75) is 19.3 Å². The highest BCUT2D eigenvalue weighted by atomic mass is 35.5. The van der Waals surface area contributed by atoms with Crippen molar-refractivity contribution in [3.63, 3.8) is 0 Å². The van der Waals surface area contributed by atoms with Crippen molar-refractivity contribution in [1.29, 1.82) is 0 Å². The quantitative estimate of drug-likeness (QED) is 0.628. The van der Waals surface area contributed by atoms with Crippen molar-refractivity contribution >= 4 is 24.0 Å². The number of halogens is 2. The number of hydrogen-bond donors (Lipinski definition) is 1. The van der Waals surface area contributed by atoms with E-state index in [2.05, 4.69) is 0 Å². The minimum Gasteiger partial charge on any atom is -0.330 e. The normalized spacial score (nSPS) is 22.0. The molecule has 1 saturated carbocycles. The van der Waals surface area contributed by atoms with Crippen LogP contribution in [0.15, 0.2) is 0 Å². The Hall–Kier alpha value is 0.540. The summed E-state index contributed by atoms with van der Waals surface area (Å²) in [5.41, 5.74) is 5.84. The molecule has 56 valence electrons. The Morgan fingerprint density at radius 3 is 2.00 bits per heavy atom. The molecule has 1 fully saturated rings. The molecule has 2 N–H and O–H groups in total. The largest absolute Gasteiger partial charge is 0.330 e. The van der Waals surface area contributed by atoms with Gasteiger partial charge in [-0.15, -0.1) is 24.0 Å². The van der Waals surface area contributed by atoms with E-state index in [0.29, 0.717) is 5.41 Å². The second-order valence-corrected chi connectivity index (χ2v) is 2.96. The Morgan fingerprint density at radius 2 is 2.00 bits per heavy atom. The summed E-state index contributed by atoms with van der Waals surface area (Å²) in [6.07, 6.45) is 3.81. The Kier molecular flexibility index (Phi) is 3.86.